The zero-order valence-electron chi connectivity index (χ0n) is 19.2. The number of carboxylic acid groups (broad SMARTS) is 2. The van der Waals surface area contributed by atoms with Crippen molar-refractivity contribution in [2.24, 2.45) is 0 Å². The number of nitrogens with zero attached hydrogens (tertiary/aromatic N) is 2. The molecule has 0 saturated carbocycles. The van der Waals surface area contributed by atoms with Crippen LogP contribution in [0.25, 0.3) is 22.4 Å². The number of carboxylic acids is 2. The Balaban J connectivity index is 0.000000253. The Bertz CT molecular complexity index is 1490. The number of benzene rings is 2. The highest BCUT2D eigenvalue weighted by Gasteiger charge is 2.14. The summed E-state index contributed by atoms with van der Waals surface area (Å²) in [5, 5.41) is 17.6. The maximum Gasteiger partial charge on any atom is 0.336 e. The fraction of sp³-hybridized carbons (Fsp3) is 0.0769. The standard InChI is InChI=1S/C18H15ClN2O2S.C8H6O4/c1-12-3-4-14(10-20-12)18-17(9-15(19)11-21-18)13-5-7-16(8-6-13)24(2,22)23;9-7(10)5-3-1-2-4-6(5)8(11)12/h3-11H,1-2H3;1-4H,(H,9,10)(H,11,12). The van der Waals surface area contributed by atoms with E-state index in [1.807, 2.05) is 25.1 Å². The van der Waals surface area contributed by atoms with Gasteiger partial charge in [0.15, 0.2) is 9.84 Å². The molecule has 0 aliphatic rings. The van der Waals surface area contributed by atoms with Gasteiger partial charge in [-0.2, -0.15) is 0 Å². The van der Waals surface area contributed by atoms with Crippen molar-refractivity contribution < 1.29 is 28.2 Å². The highest BCUT2D eigenvalue weighted by atomic mass is 35.5. The van der Waals surface area contributed by atoms with Gasteiger partial charge in [-0.1, -0.05) is 35.9 Å². The van der Waals surface area contributed by atoms with E-state index >= 15 is 0 Å². The average Bonchev–Trinajstić information content (AvgIpc) is 2.84. The molecule has 0 saturated heterocycles. The van der Waals surface area contributed by atoms with Crippen molar-refractivity contribution in [3.8, 4) is 22.4 Å². The van der Waals surface area contributed by atoms with E-state index in [1.165, 1.54) is 30.5 Å². The van der Waals surface area contributed by atoms with Gasteiger partial charge in [-0.3, -0.25) is 9.97 Å². The van der Waals surface area contributed by atoms with Gasteiger partial charge in [-0.05, 0) is 55.0 Å². The minimum atomic E-state index is -3.23. The predicted molar refractivity (Wildman–Crippen MR) is 136 cm³/mol. The summed E-state index contributed by atoms with van der Waals surface area (Å²) in [6, 6.07) is 17.9. The van der Waals surface area contributed by atoms with Gasteiger partial charge in [0.2, 0.25) is 0 Å². The molecule has 36 heavy (non-hydrogen) atoms. The molecular weight excluding hydrogens is 504 g/mol. The summed E-state index contributed by atoms with van der Waals surface area (Å²) in [4.78, 5) is 29.9. The third kappa shape index (κ3) is 6.53. The molecule has 0 aliphatic heterocycles. The molecule has 4 rings (SSSR count). The van der Waals surface area contributed by atoms with Gasteiger partial charge >= 0.3 is 11.9 Å². The summed E-state index contributed by atoms with van der Waals surface area (Å²) >= 11 is 6.11. The molecule has 0 unspecified atom stereocenters. The van der Waals surface area contributed by atoms with E-state index in [1.54, 1.807) is 36.7 Å². The second kappa shape index (κ2) is 11.1. The first-order chi connectivity index (χ1) is 17.0. The van der Waals surface area contributed by atoms with Crippen LogP contribution in [0.15, 0.2) is 84.0 Å². The lowest BCUT2D eigenvalue weighted by atomic mass is 10.0. The zero-order chi connectivity index (χ0) is 26.5. The number of hydrogen-bond donors (Lipinski definition) is 2. The molecule has 2 heterocycles. The van der Waals surface area contributed by atoms with Crippen LogP contribution in [0.1, 0.15) is 26.4 Å². The monoisotopic (exact) mass is 524 g/mol. The van der Waals surface area contributed by atoms with Gasteiger partial charge in [0.25, 0.3) is 0 Å². The normalized spacial score (nSPS) is 10.8. The van der Waals surface area contributed by atoms with Gasteiger partial charge in [0.05, 0.1) is 26.7 Å². The van der Waals surface area contributed by atoms with E-state index in [2.05, 4.69) is 9.97 Å². The summed E-state index contributed by atoms with van der Waals surface area (Å²) in [5.74, 6) is -2.46. The lowest BCUT2D eigenvalue weighted by Gasteiger charge is -2.10. The molecule has 0 amide bonds. The van der Waals surface area contributed by atoms with Crippen molar-refractivity contribution in [1.82, 2.24) is 9.97 Å². The van der Waals surface area contributed by atoms with Gasteiger partial charge in [-0.25, -0.2) is 18.0 Å². The van der Waals surface area contributed by atoms with Crippen molar-refractivity contribution in [3.63, 3.8) is 0 Å². The molecule has 0 spiro atoms. The molecule has 2 aromatic heterocycles. The van der Waals surface area contributed by atoms with Crippen LogP contribution in [0.3, 0.4) is 0 Å². The van der Waals surface area contributed by atoms with E-state index in [4.69, 9.17) is 21.8 Å². The smallest absolute Gasteiger partial charge is 0.336 e. The first kappa shape index (κ1) is 26.5. The summed E-state index contributed by atoms with van der Waals surface area (Å²) in [6.45, 7) is 1.92. The number of aromatic carboxylic acids is 2. The van der Waals surface area contributed by atoms with Crippen molar-refractivity contribution in [3.05, 3.63) is 101 Å². The van der Waals surface area contributed by atoms with E-state index < -0.39 is 21.8 Å². The third-order valence-corrected chi connectivity index (χ3v) is 6.36. The predicted octanol–water partition coefficient (Wildman–Crippen LogP) is 5.26. The van der Waals surface area contributed by atoms with Crippen LogP contribution in [0, 0.1) is 6.92 Å². The molecule has 0 aliphatic carbocycles. The maximum atomic E-state index is 11.6. The largest absolute Gasteiger partial charge is 0.478 e. The van der Waals surface area contributed by atoms with Crippen molar-refractivity contribution >= 4 is 33.4 Å². The zero-order valence-corrected chi connectivity index (χ0v) is 20.8. The maximum absolute atomic E-state index is 11.6. The SMILES string of the molecule is Cc1ccc(-c2ncc(Cl)cc2-c2ccc(S(C)(=O)=O)cc2)cn1.O=C(O)c1ccccc1C(=O)O. The molecule has 10 heteroatoms. The highest BCUT2D eigenvalue weighted by molar-refractivity contribution is 7.90. The van der Waals surface area contributed by atoms with Crippen LogP contribution in [0.4, 0.5) is 0 Å². The van der Waals surface area contributed by atoms with Gasteiger partial charge < -0.3 is 10.2 Å². The number of sulfone groups is 1. The van der Waals surface area contributed by atoms with E-state index in [9.17, 15) is 18.0 Å². The fourth-order valence-electron chi connectivity index (χ4n) is 3.24. The minimum Gasteiger partial charge on any atom is -0.478 e. The average molecular weight is 525 g/mol. The second-order valence-corrected chi connectivity index (χ2v) is 10.1. The Kier molecular flexibility index (Phi) is 8.18. The Morgan fingerprint density at radius 3 is 1.83 bits per heavy atom. The summed E-state index contributed by atoms with van der Waals surface area (Å²) in [6.07, 6.45) is 4.54. The molecule has 184 valence electrons. The van der Waals surface area contributed by atoms with Crippen LogP contribution < -0.4 is 0 Å². The Labute approximate surface area is 212 Å². The van der Waals surface area contributed by atoms with Crippen molar-refractivity contribution in [1.29, 1.82) is 0 Å². The number of pyridine rings is 2. The third-order valence-electron chi connectivity index (χ3n) is 5.02. The number of hydrogen-bond acceptors (Lipinski definition) is 6. The van der Waals surface area contributed by atoms with E-state index in [0.29, 0.717) is 5.02 Å². The van der Waals surface area contributed by atoms with Gasteiger partial charge in [0, 0.05) is 35.5 Å². The molecule has 2 N–H and O–H groups in total. The fourth-order valence-corrected chi connectivity index (χ4v) is 4.02. The molecule has 0 fully saturated rings. The summed E-state index contributed by atoms with van der Waals surface area (Å²) < 4.78 is 23.2. The Morgan fingerprint density at radius 2 is 1.36 bits per heavy atom. The Morgan fingerprint density at radius 1 is 0.806 bits per heavy atom. The first-order valence-corrected chi connectivity index (χ1v) is 12.7. The lowest BCUT2D eigenvalue weighted by molar-refractivity contribution is 0.0651. The number of carbonyl (C=O) groups is 2. The molecule has 0 bridgehead atoms. The van der Waals surface area contributed by atoms with Crippen LogP contribution in [0.5, 0.6) is 0 Å². The minimum absolute atomic E-state index is 0.190. The van der Waals surface area contributed by atoms with Gasteiger partial charge in [0.1, 0.15) is 0 Å². The molecule has 4 aromatic rings. The van der Waals surface area contributed by atoms with Crippen LogP contribution in [-0.2, 0) is 9.84 Å². The van der Waals surface area contributed by atoms with Crippen molar-refractivity contribution in [2.75, 3.05) is 6.26 Å². The first-order valence-electron chi connectivity index (χ1n) is 10.4. The quantitative estimate of drug-likeness (QED) is 0.361. The Hall–Kier alpha value is -4.08. The topological polar surface area (TPSA) is 135 Å². The lowest BCUT2D eigenvalue weighted by Crippen LogP contribution is -2.06. The van der Waals surface area contributed by atoms with Crippen LogP contribution >= 0.6 is 11.6 Å². The van der Waals surface area contributed by atoms with E-state index in [-0.39, 0.29) is 16.0 Å². The number of aryl methyl sites for hydroxylation is 1. The summed E-state index contributed by atoms with van der Waals surface area (Å²) in [7, 11) is -3.23. The molecule has 0 atom stereocenters. The van der Waals surface area contributed by atoms with Gasteiger partial charge in [-0.15, -0.1) is 0 Å². The summed E-state index contributed by atoms with van der Waals surface area (Å²) in [5.41, 5.74) is 3.83. The second-order valence-electron chi connectivity index (χ2n) is 7.69. The molecule has 2 aromatic carbocycles. The molecule has 0 radical (unpaired) electrons. The highest BCUT2D eigenvalue weighted by Crippen LogP contribution is 2.32. The van der Waals surface area contributed by atoms with Crippen LogP contribution in [0.2, 0.25) is 5.02 Å². The van der Waals surface area contributed by atoms with Crippen molar-refractivity contribution in [2.45, 2.75) is 11.8 Å². The number of halogens is 1. The van der Waals surface area contributed by atoms with E-state index in [0.717, 1.165) is 28.1 Å². The number of rotatable bonds is 5. The van der Waals surface area contributed by atoms with Crippen LogP contribution in [-0.4, -0.2) is 46.8 Å². The number of aromatic nitrogens is 2. The molecular formula is C26H21ClN2O6S. The molecule has 8 nitrogen and oxygen atoms in total.